The Labute approximate surface area is 315 Å². The van der Waals surface area contributed by atoms with Crippen molar-refractivity contribution in [3.63, 3.8) is 0 Å². The highest BCUT2D eigenvalue weighted by Gasteiger charge is 2.25. The average Bonchev–Trinajstić information content (AvgIpc) is 3.59. The van der Waals surface area contributed by atoms with Crippen LogP contribution in [0.2, 0.25) is 0 Å². The fourth-order valence-electron chi connectivity index (χ4n) is 7.36. The molecular weight excluding hydrogens is 649 g/mol. The van der Waals surface area contributed by atoms with Gasteiger partial charge in [-0.1, -0.05) is 106 Å². The second kappa shape index (κ2) is 13.1. The van der Waals surface area contributed by atoms with E-state index in [0.29, 0.717) is 5.92 Å². The maximum Gasteiger partial charge on any atom is 0.137 e. The van der Waals surface area contributed by atoms with Gasteiger partial charge in [-0.3, -0.25) is 4.57 Å². The summed E-state index contributed by atoms with van der Waals surface area (Å²) in [6, 6.07) is 34.8. The molecule has 1 atom stereocenters. The van der Waals surface area contributed by atoms with Crippen LogP contribution < -0.4 is 4.74 Å². The molecule has 5 nitrogen and oxygen atoms in total. The van der Waals surface area contributed by atoms with Gasteiger partial charge in [0.05, 0.1) is 22.4 Å². The number of nitrogens with zero attached hydrogens (tertiary/aromatic N) is 4. The van der Waals surface area contributed by atoms with Gasteiger partial charge in [0.2, 0.25) is 0 Å². The van der Waals surface area contributed by atoms with Crippen molar-refractivity contribution in [1.82, 2.24) is 19.3 Å². The van der Waals surface area contributed by atoms with Gasteiger partial charge in [0.25, 0.3) is 0 Å². The van der Waals surface area contributed by atoms with E-state index < -0.39 is 0 Å². The van der Waals surface area contributed by atoms with Gasteiger partial charge in [0.15, 0.2) is 0 Å². The normalized spacial score (nSPS) is 13.2. The summed E-state index contributed by atoms with van der Waals surface area (Å²) < 4.78 is 11.2. The van der Waals surface area contributed by atoms with Crippen LogP contribution >= 0.6 is 0 Å². The Morgan fingerprint density at radius 3 is 2.04 bits per heavy atom. The minimum Gasteiger partial charge on any atom is -0.457 e. The quantitative estimate of drug-likeness (QED) is 0.173. The molecule has 7 aromatic rings. The first-order valence-electron chi connectivity index (χ1n) is 18.9. The molecule has 53 heavy (non-hydrogen) atoms. The summed E-state index contributed by atoms with van der Waals surface area (Å²) >= 11 is 0. The van der Waals surface area contributed by atoms with Crippen molar-refractivity contribution < 1.29 is 4.74 Å². The van der Waals surface area contributed by atoms with Crippen LogP contribution in [0.15, 0.2) is 103 Å². The van der Waals surface area contributed by atoms with E-state index in [-0.39, 0.29) is 16.2 Å². The summed E-state index contributed by atoms with van der Waals surface area (Å²) in [4.78, 5) is 4.94. The van der Waals surface area contributed by atoms with Gasteiger partial charge in [-0.25, -0.2) is 9.67 Å². The van der Waals surface area contributed by atoms with E-state index in [1.165, 1.54) is 33.0 Å². The molecule has 0 aliphatic heterocycles. The standard InChI is InChI=1S/C48H54N4O/c1-30(46(4,5)6)34-18-21-42-41(24-34)40-20-19-38(29-43(40)51(42)44-27-35(22-23-49-44)47(7,8)9)53-39-26-36(48(10,11)12)25-37(28-39)52-32(3)45(31(2)50-52)33-16-14-13-15-17-33/h13-30H,1-12H3. The Bertz CT molecular complexity index is 2460. The minimum absolute atomic E-state index is 0.0108. The molecule has 7 rings (SSSR count). The van der Waals surface area contributed by atoms with E-state index in [9.17, 15) is 0 Å². The summed E-state index contributed by atoms with van der Waals surface area (Å²) in [7, 11) is 0. The highest BCUT2D eigenvalue weighted by molar-refractivity contribution is 6.09. The molecule has 0 amide bonds. The Balaban J connectivity index is 1.38. The molecule has 0 saturated heterocycles. The molecule has 5 heteroatoms. The maximum absolute atomic E-state index is 6.84. The SMILES string of the molecule is Cc1nn(-c2cc(Oc3ccc4c5cc(C(C)C(C)(C)C)ccc5n(-c5cc(C(C)(C)C)ccn5)c4c3)cc(C(C)(C)C)c2)c(C)c1-c1ccccc1. The van der Waals surface area contributed by atoms with Gasteiger partial charge >= 0.3 is 0 Å². The van der Waals surface area contributed by atoms with Crippen LogP contribution in [0.25, 0.3) is 44.4 Å². The predicted molar refractivity (Wildman–Crippen MR) is 222 cm³/mol. The summed E-state index contributed by atoms with van der Waals surface area (Å²) in [5, 5.41) is 7.45. The number of rotatable bonds is 6. The monoisotopic (exact) mass is 702 g/mol. The van der Waals surface area contributed by atoms with Crippen molar-refractivity contribution in [1.29, 1.82) is 0 Å². The zero-order valence-corrected chi connectivity index (χ0v) is 33.6. The van der Waals surface area contributed by atoms with Crippen LogP contribution in [-0.2, 0) is 10.8 Å². The highest BCUT2D eigenvalue weighted by atomic mass is 16.5. The lowest BCUT2D eigenvalue weighted by molar-refractivity contribution is 0.340. The van der Waals surface area contributed by atoms with Crippen LogP contribution in [0.4, 0.5) is 0 Å². The van der Waals surface area contributed by atoms with Crippen LogP contribution in [0, 0.1) is 19.3 Å². The number of pyridine rings is 1. The van der Waals surface area contributed by atoms with Crippen molar-refractivity contribution in [3.8, 4) is 34.1 Å². The molecule has 0 radical (unpaired) electrons. The predicted octanol–water partition coefficient (Wildman–Crippen LogP) is 13.2. The molecule has 0 aliphatic carbocycles. The number of ether oxygens (including phenoxy) is 1. The number of hydrogen-bond acceptors (Lipinski definition) is 3. The Morgan fingerprint density at radius 2 is 1.36 bits per heavy atom. The fraction of sp³-hybridized carbons (Fsp3) is 0.333. The second-order valence-electron chi connectivity index (χ2n) is 17.9. The number of fused-ring (bicyclic) bond motifs is 3. The molecule has 3 heterocycles. The lowest BCUT2D eigenvalue weighted by Crippen LogP contribution is -2.15. The number of benzene rings is 4. The smallest absolute Gasteiger partial charge is 0.137 e. The van der Waals surface area contributed by atoms with Gasteiger partial charge in [0, 0.05) is 40.4 Å². The first-order chi connectivity index (χ1) is 24.9. The lowest BCUT2D eigenvalue weighted by Gasteiger charge is -2.27. The van der Waals surface area contributed by atoms with Gasteiger partial charge in [0.1, 0.15) is 17.3 Å². The zero-order chi connectivity index (χ0) is 38.0. The third-order valence-electron chi connectivity index (χ3n) is 11.0. The fourth-order valence-corrected chi connectivity index (χ4v) is 7.36. The molecular formula is C48H54N4O. The van der Waals surface area contributed by atoms with Gasteiger partial charge in [-0.2, -0.15) is 5.10 Å². The van der Waals surface area contributed by atoms with Crippen molar-refractivity contribution in [3.05, 3.63) is 131 Å². The Kier molecular flexibility index (Phi) is 8.92. The average molecular weight is 703 g/mol. The van der Waals surface area contributed by atoms with Crippen molar-refractivity contribution in [2.45, 2.75) is 99.8 Å². The molecule has 0 bridgehead atoms. The second-order valence-corrected chi connectivity index (χ2v) is 17.9. The van der Waals surface area contributed by atoms with E-state index >= 15 is 0 Å². The summed E-state index contributed by atoms with van der Waals surface area (Å²) in [5.41, 5.74) is 11.4. The van der Waals surface area contributed by atoms with E-state index in [1.54, 1.807) is 0 Å². The van der Waals surface area contributed by atoms with Gasteiger partial charge in [-0.05, 0) is 107 Å². The first kappa shape index (κ1) is 36.2. The highest BCUT2D eigenvalue weighted by Crippen LogP contribution is 2.41. The molecule has 0 aliphatic rings. The molecule has 0 N–H and O–H groups in total. The van der Waals surface area contributed by atoms with Crippen LogP contribution in [-0.4, -0.2) is 19.3 Å². The van der Waals surface area contributed by atoms with Gasteiger partial charge in [-0.15, -0.1) is 0 Å². The summed E-state index contributed by atoms with van der Waals surface area (Å²) in [6.45, 7) is 27.0. The molecule has 0 saturated carbocycles. The number of aryl methyl sites for hydroxylation is 1. The van der Waals surface area contributed by atoms with Crippen molar-refractivity contribution >= 4 is 21.8 Å². The van der Waals surface area contributed by atoms with Crippen LogP contribution in [0.3, 0.4) is 0 Å². The summed E-state index contributed by atoms with van der Waals surface area (Å²) in [5.74, 6) is 2.84. The topological polar surface area (TPSA) is 44.9 Å². The largest absolute Gasteiger partial charge is 0.457 e. The molecule has 0 fully saturated rings. The van der Waals surface area contributed by atoms with Crippen molar-refractivity contribution in [2.24, 2.45) is 5.41 Å². The number of hydrogen-bond donors (Lipinski definition) is 0. The molecule has 4 aromatic carbocycles. The first-order valence-corrected chi connectivity index (χ1v) is 18.9. The van der Waals surface area contributed by atoms with Crippen molar-refractivity contribution in [2.75, 3.05) is 0 Å². The molecule has 272 valence electrons. The van der Waals surface area contributed by atoms with Crippen LogP contribution in [0.5, 0.6) is 11.5 Å². The molecule has 3 aromatic heterocycles. The van der Waals surface area contributed by atoms with Gasteiger partial charge < -0.3 is 4.74 Å². The zero-order valence-electron chi connectivity index (χ0n) is 33.6. The minimum atomic E-state index is -0.103. The van der Waals surface area contributed by atoms with E-state index in [0.717, 1.165) is 51.0 Å². The van der Waals surface area contributed by atoms with E-state index in [2.05, 4.69) is 189 Å². The number of aromatic nitrogens is 4. The summed E-state index contributed by atoms with van der Waals surface area (Å²) in [6.07, 6.45) is 1.94. The molecule has 0 spiro atoms. The Morgan fingerprint density at radius 1 is 0.642 bits per heavy atom. The lowest BCUT2D eigenvalue weighted by atomic mass is 9.77. The third-order valence-corrected chi connectivity index (χ3v) is 11.0. The van der Waals surface area contributed by atoms with E-state index in [1.807, 2.05) is 6.20 Å². The maximum atomic E-state index is 6.84. The molecule has 1 unspecified atom stereocenters. The van der Waals surface area contributed by atoms with E-state index in [4.69, 9.17) is 14.8 Å². The third kappa shape index (κ3) is 6.90. The Hall–Kier alpha value is -5.16. The van der Waals surface area contributed by atoms with Crippen LogP contribution in [0.1, 0.15) is 103 Å².